The number of carbonyl (C=O) groups is 1. The molecule has 188 valence electrons. The van der Waals surface area contributed by atoms with Gasteiger partial charge in [0.2, 0.25) is 0 Å². The maximum atomic E-state index is 12.7. The molecule has 1 aliphatic heterocycles. The van der Waals surface area contributed by atoms with E-state index in [1.54, 1.807) is 12.5 Å². The summed E-state index contributed by atoms with van der Waals surface area (Å²) in [5.74, 6) is 0.460. The van der Waals surface area contributed by atoms with E-state index >= 15 is 0 Å². The molecule has 2 N–H and O–H groups in total. The highest BCUT2D eigenvalue weighted by atomic mass is 32.1. The van der Waals surface area contributed by atoms with Gasteiger partial charge in [0.05, 0.1) is 27.9 Å². The number of aryl methyl sites for hydroxylation is 2. The van der Waals surface area contributed by atoms with Gasteiger partial charge in [-0.15, -0.1) is 11.3 Å². The second kappa shape index (κ2) is 9.75. The number of carbonyl (C=O) groups excluding carboxylic acids is 1. The van der Waals surface area contributed by atoms with Crippen molar-refractivity contribution in [1.29, 1.82) is 0 Å². The first kappa shape index (κ1) is 24.6. The number of nitrogens with zero attached hydrogens (tertiary/aromatic N) is 4. The zero-order valence-corrected chi connectivity index (χ0v) is 22.5. The molecule has 36 heavy (non-hydrogen) atoms. The molecule has 1 amide bonds. The lowest BCUT2D eigenvalue weighted by Gasteiger charge is -2.23. The molecule has 4 heterocycles. The molecular weight excluding hydrogens is 468 g/mol. The zero-order valence-electron chi connectivity index (χ0n) is 21.7. The topological polar surface area (TPSA) is 84.7 Å². The summed E-state index contributed by atoms with van der Waals surface area (Å²) >= 11 is 1.46. The lowest BCUT2D eigenvalue weighted by molar-refractivity contribution is 0.0954. The van der Waals surface area contributed by atoms with E-state index in [1.165, 1.54) is 17.0 Å². The Balaban J connectivity index is 1.36. The third kappa shape index (κ3) is 4.80. The summed E-state index contributed by atoms with van der Waals surface area (Å²) in [5, 5.41) is 7.48. The van der Waals surface area contributed by atoms with Crippen molar-refractivity contribution in [2.24, 2.45) is 7.05 Å². The van der Waals surface area contributed by atoms with Crippen molar-refractivity contribution in [3.63, 3.8) is 0 Å². The van der Waals surface area contributed by atoms with Gasteiger partial charge < -0.3 is 15.2 Å². The third-order valence-electron chi connectivity index (χ3n) is 7.04. The molecule has 0 atom stereocenters. The highest BCUT2D eigenvalue weighted by molar-refractivity contribution is 7.13. The molecule has 1 aliphatic rings. The van der Waals surface area contributed by atoms with E-state index in [0.717, 1.165) is 64.4 Å². The van der Waals surface area contributed by atoms with Crippen molar-refractivity contribution in [2.75, 3.05) is 13.1 Å². The summed E-state index contributed by atoms with van der Waals surface area (Å²) in [6, 6.07) is 8.57. The summed E-state index contributed by atoms with van der Waals surface area (Å²) in [6.07, 6.45) is 5.63. The Labute approximate surface area is 216 Å². The average Bonchev–Trinajstić information content (AvgIpc) is 3.49. The van der Waals surface area contributed by atoms with Crippen molar-refractivity contribution in [3.05, 3.63) is 63.5 Å². The van der Waals surface area contributed by atoms with Gasteiger partial charge in [0.25, 0.3) is 5.91 Å². The Morgan fingerprint density at radius 1 is 1.17 bits per heavy atom. The largest absolute Gasteiger partial charge is 0.347 e. The molecular formula is C28H34N6OS. The molecule has 3 aromatic heterocycles. The number of benzene rings is 1. The molecule has 0 saturated carbocycles. The number of thiazole rings is 1. The fourth-order valence-electron chi connectivity index (χ4n) is 4.95. The van der Waals surface area contributed by atoms with Crippen LogP contribution in [0.5, 0.6) is 0 Å². The predicted molar refractivity (Wildman–Crippen MR) is 146 cm³/mol. The molecule has 0 radical (unpaired) electrons. The van der Waals surface area contributed by atoms with Gasteiger partial charge in [-0.2, -0.15) is 0 Å². The Kier molecular flexibility index (Phi) is 6.66. The van der Waals surface area contributed by atoms with Crippen molar-refractivity contribution in [2.45, 2.75) is 58.4 Å². The summed E-state index contributed by atoms with van der Waals surface area (Å²) in [5.41, 5.74) is 7.55. The molecule has 0 aliphatic carbocycles. The number of amides is 1. The highest BCUT2D eigenvalue weighted by Gasteiger charge is 2.22. The maximum absolute atomic E-state index is 12.7. The van der Waals surface area contributed by atoms with E-state index in [2.05, 4.69) is 89.2 Å². The molecule has 5 rings (SSSR count). The van der Waals surface area contributed by atoms with Gasteiger partial charge in [-0.1, -0.05) is 32.9 Å². The lowest BCUT2D eigenvalue weighted by atomic mass is 9.95. The lowest BCUT2D eigenvalue weighted by Crippen LogP contribution is -2.27. The predicted octanol–water partition coefficient (Wildman–Crippen LogP) is 5.09. The highest BCUT2D eigenvalue weighted by Crippen LogP contribution is 2.34. The summed E-state index contributed by atoms with van der Waals surface area (Å²) < 4.78 is 2.28. The first-order valence-corrected chi connectivity index (χ1v) is 13.4. The van der Waals surface area contributed by atoms with Crippen molar-refractivity contribution in [1.82, 2.24) is 30.2 Å². The average molecular weight is 503 g/mol. The molecule has 4 aromatic rings. The van der Waals surface area contributed by atoms with Crippen LogP contribution in [-0.4, -0.2) is 38.5 Å². The van der Waals surface area contributed by atoms with E-state index < -0.39 is 0 Å². The van der Waals surface area contributed by atoms with Crippen molar-refractivity contribution >= 4 is 28.3 Å². The van der Waals surface area contributed by atoms with Crippen LogP contribution < -0.4 is 10.6 Å². The Morgan fingerprint density at radius 2 is 1.94 bits per heavy atom. The van der Waals surface area contributed by atoms with Crippen LogP contribution in [0.4, 0.5) is 0 Å². The number of hydrogen-bond acceptors (Lipinski definition) is 6. The van der Waals surface area contributed by atoms with E-state index in [1.807, 2.05) is 0 Å². The number of hydrogen-bond donors (Lipinski definition) is 2. The minimum atomic E-state index is -0.0850. The van der Waals surface area contributed by atoms with Crippen molar-refractivity contribution < 1.29 is 4.79 Å². The molecule has 7 nitrogen and oxygen atoms in total. The fourth-order valence-corrected chi connectivity index (χ4v) is 5.84. The second-order valence-corrected chi connectivity index (χ2v) is 11.7. The fraction of sp³-hybridized carbons (Fsp3) is 0.429. The van der Waals surface area contributed by atoms with Crippen LogP contribution in [0.3, 0.4) is 0 Å². The van der Waals surface area contributed by atoms with Crippen LogP contribution in [0.2, 0.25) is 0 Å². The van der Waals surface area contributed by atoms with Gasteiger partial charge in [-0.25, -0.2) is 15.0 Å². The number of piperidine rings is 1. The molecule has 1 saturated heterocycles. The quantitative estimate of drug-likeness (QED) is 0.397. The molecule has 1 aromatic carbocycles. The first-order chi connectivity index (χ1) is 17.2. The summed E-state index contributed by atoms with van der Waals surface area (Å²) in [4.78, 5) is 27.0. The van der Waals surface area contributed by atoms with Crippen LogP contribution in [0.25, 0.3) is 22.3 Å². The molecule has 0 spiro atoms. The number of fused-ring (bicyclic) bond motifs is 1. The Morgan fingerprint density at radius 3 is 2.64 bits per heavy atom. The molecule has 8 heteroatoms. The zero-order chi connectivity index (χ0) is 25.4. The maximum Gasteiger partial charge on any atom is 0.263 e. The van der Waals surface area contributed by atoms with Gasteiger partial charge in [-0.05, 0) is 56.1 Å². The van der Waals surface area contributed by atoms with E-state index in [9.17, 15) is 4.79 Å². The second-order valence-electron chi connectivity index (χ2n) is 10.7. The van der Waals surface area contributed by atoms with Gasteiger partial charge >= 0.3 is 0 Å². The minimum absolute atomic E-state index is 0.0608. The van der Waals surface area contributed by atoms with Crippen LogP contribution >= 0.6 is 11.3 Å². The van der Waals surface area contributed by atoms with Gasteiger partial charge in [-0.3, -0.25) is 4.79 Å². The first-order valence-electron chi connectivity index (χ1n) is 12.6. The van der Waals surface area contributed by atoms with Gasteiger partial charge in [0, 0.05) is 36.2 Å². The minimum Gasteiger partial charge on any atom is -0.347 e. The standard InChI is InChI=1S/C28H34N6OS/c1-17-12-19(6-7-20(17)14-30-26(35)23-15-31-27(36-23)28(2,3)4)24-25-21(32-16-33-24)13-22(34(25)5)18-8-10-29-11-9-18/h6-7,12-13,15-16,18,29H,8-11,14H2,1-5H3,(H,30,35). The van der Waals surface area contributed by atoms with E-state index in [-0.39, 0.29) is 11.3 Å². The molecule has 1 fully saturated rings. The molecule has 0 bridgehead atoms. The van der Waals surface area contributed by atoms with Crippen LogP contribution in [0.15, 0.2) is 36.8 Å². The number of aromatic nitrogens is 4. The van der Waals surface area contributed by atoms with Crippen LogP contribution in [0.1, 0.15) is 71.0 Å². The van der Waals surface area contributed by atoms with Crippen LogP contribution in [0, 0.1) is 6.92 Å². The SMILES string of the molecule is Cc1cc(-c2ncnc3cc(C4CCNCC4)n(C)c23)ccc1CNC(=O)c1cnc(C(C)(C)C)s1. The van der Waals surface area contributed by atoms with Crippen LogP contribution in [-0.2, 0) is 19.0 Å². The van der Waals surface area contributed by atoms with Gasteiger partial charge in [0.1, 0.15) is 11.2 Å². The summed E-state index contributed by atoms with van der Waals surface area (Å²) in [7, 11) is 2.13. The summed E-state index contributed by atoms with van der Waals surface area (Å²) in [6.45, 7) is 11.0. The third-order valence-corrected chi connectivity index (χ3v) is 8.46. The molecule has 0 unspecified atom stereocenters. The smallest absolute Gasteiger partial charge is 0.263 e. The monoisotopic (exact) mass is 502 g/mol. The Hall–Kier alpha value is -3.10. The van der Waals surface area contributed by atoms with E-state index in [4.69, 9.17) is 0 Å². The normalized spacial score (nSPS) is 14.9. The van der Waals surface area contributed by atoms with Crippen molar-refractivity contribution in [3.8, 4) is 11.3 Å². The number of nitrogens with one attached hydrogen (secondary N) is 2. The van der Waals surface area contributed by atoms with Gasteiger partial charge in [0.15, 0.2) is 0 Å². The van der Waals surface area contributed by atoms with E-state index in [0.29, 0.717) is 17.3 Å². The number of rotatable bonds is 5. The Bertz CT molecular complexity index is 1410.